The number of amides is 2. The van der Waals surface area contributed by atoms with Gasteiger partial charge < -0.3 is 50.7 Å². The van der Waals surface area contributed by atoms with Crippen molar-refractivity contribution in [2.75, 3.05) is 52.6 Å². The number of nitrogens with zero attached hydrogens (tertiary/aromatic N) is 4. The largest absolute Gasteiger partial charge is 0.394 e. The summed E-state index contributed by atoms with van der Waals surface area (Å²) < 4.78 is 0. The first-order valence-electron chi connectivity index (χ1n) is 9.73. The fourth-order valence-corrected chi connectivity index (χ4v) is 2.63. The highest BCUT2D eigenvalue weighted by Crippen LogP contribution is 2.09. The normalized spacial score (nSPS) is 15.0. The van der Waals surface area contributed by atoms with Gasteiger partial charge in [0.2, 0.25) is 0 Å². The van der Waals surface area contributed by atoms with E-state index in [0.717, 1.165) is 22.2 Å². The van der Waals surface area contributed by atoms with E-state index in [1.807, 2.05) is 0 Å². The maximum absolute atomic E-state index is 12.8. The highest BCUT2D eigenvalue weighted by Gasteiger charge is 2.26. The van der Waals surface area contributed by atoms with Crippen molar-refractivity contribution in [2.45, 2.75) is 24.4 Å². The number of aliphatic hydroxyl groups excluding tert-OH is 8. The van der Waals surface area contributed by atoms with Gasteiger partial charge in [0.15, 0.2) is 0 Å². The maximum Gasteiger partial charge on any atom is 0.274 e. The predicted molar refractivity (Wildman–Crippen MR) is 106 cm³/mol. The van der Waals surface area contributed by atoms with Crippen molar-refractivity contribution in [1.82, 2.24) is 19.8 Å². The molecule has 0 radical (unpaired) electrons. The molecule has 0 spiro atoms. The number of hydrogen-bond acceptors (Lipinski definition) is 12. The summed E-state index contributed by atoms with van der Waals surface area (Å²) in [6.07, 6.45) is -3.29. The van der Waals surface area contributed by atoms with Crippen LogP contribution in [0.4, 0.5) is 0 Å². The molecule has 182 valence electrons. The van der Waals surface area contributed by atoms with Crippen LogP contribution in [-0.4, -0.2) is 149 Å². The first kappa shape index (κ1) is 27.7. The summed E-state index contributed by atoms with van der Waals surface area (Å²) in [4.78, 5) is 35.2. The Labute approximate surface area is 183 Å². The number of hydrogen-bond donors (Lipinski definition) is 8. The van der Waals surface area contributed by atoms with Crippen LogP contribution in [0.5, 0.6) is 0 Å². The zero-order chi connectivity index (χ0) is 24.3. The third kappa shape index (κ3) is 8.68. The molecule has 0 saturated heterocycles. The van der Waals surface area contributed by atoms with Crippen molar-refractivity contribution in [2.24, 2.45) is 0 Å². The van der Waals surface area contributed by atoms with Crippen molar-refractivity contribution in [3.63, 3.8) is 0 Å². The average molecular weight is 462 g/mol. The van der Waals surface area contributed by atoms with Crippen molar-refractivity contribution < 1.29 is 50.4 Å². The molecule has 14 heteroatoms. The van der Waals surface area contributed by atoms with Gasteiger partial charge in [0.1, 0.15) is 11.4 Å². The molecule has 0 aromatic carbocycles. The van der Waals surface area contributed by atoms with E-state index in [0.29, 0.717) is 0 Å². The van der Waals surface area contributed by atoms with Crippen molar-refractivity contribution in [3.8, 4) is 0 Å². The Hall–Kier alpha value is -2.30. The zero-order valence-corrected chi connectivity index (χ0v) is 17.3. The van der Waals surface area contributed by atoms with E-state index in [-0.39, 0.29) is 11.4 Å². The Bertz CT molecular complexity index is 646. The van der Waals surface area contributed by atoms with Gasteiger partial charge in [-0.1, -0.05) is 0 Å². The lowest BCUT2D eigenvalue weighted by Gasteiger charge is -2.27. The molecule has 1 aromatic heterocycles. The van der Waals surface area contributed by atoms with E-state index in [1.54, 1.807) is 0 Å². The van der Waals surface area contributed by atoms with Gasteiger partial charge in [-0.25, -0.2) is 4.98 Å². The lowest BCUT2D eigenvalue weighted by molar-refractivity contribution is 0.0199. The number of carbonyl (C=O) groups is 2. The molecule has 32 heavy (non-hydrogen) atoms. The highest BCUT2D eigenvalue weighted by atomic mass is 16.3. The van der Waals surface area contributed by atoms with Crippen LogP contribution in [0, 0.1) is 0 Å². The zero-order valence-electron chi connectivity index (χ0n) is 17.3. The second-order valence-corrected chi connectivity index (χ2v) is 7.06. The molecular formula is C18H30N4O10. The number of aromatic nitrogens is 2. The Kier molecular flexibility index (Phi) is 12.1. The number of aliphatic hydroxyl groups is 8. The van der Waals surface area contributed by atoms with E-state index < -0.39 is 88.8 Å². The van der Waals surface area contributed by atoms with Gasteiger partial charge in [-0.05, 0) is 0 Å². The van der Waals surface area contributed by atoms with E-state index >= 15 is 0 Å². The maximum atomic E-state index is 12.8. The van der Waals surface area contributed by atoms with Crippen LogP contribution in [0.3, 0.4) is 0 Å². The highest BCUT2D eigenvalue weighted by molar-refractivity contribution is 5.96. The Balaban J connectivity index is 3.16. The second kappa shape index (κ2) is 14.0. The minimum atomic E-state index is -1.34. The quantitative estimate of drug-likeness (QED) is 0.130. The van der Waals surface area contributed by atoms with Crippen LogP contribution in [0.1, 0.15) is 21.0 Å². The smallest absolute Gasteiger partial charge is 0.274 e. The van der Waals surface area contributed by atoms with Gasteiger partial charge in [0, 0.05) is 26.2 Å². The molecule has 14 nitrogen and oxygen atoms in total. The minimum absolute atomic E-state index is 0.350. The third-order valence-electron chi connectivity index (χ3n) is 4.21. The lowest BCUT2D eigenvalue weighted by atomic mass is 10.2. The Morgan fingerprint density at radius 3 is 1.19 bits per heavy atom. The second-order valence-electron chi connectivity index (χ2n) is 7.06. The standard InChI is InChI=1S/C18H30N4O10/c23-7-11(27)3-21(4-12(28)8-24)17(31)15-1-19-2-16(20-15)18(32)22(5-13(29)9-25)6-14(30)10-26/h1-2,11-14,23-30H,3-10H2. The SMILES string of the molecule is O=C(c1cncc(C(=O)N(CC(O)CO)CC(O)CO)n1)N(CC(O)CO)CC(O)CO. The van der Waals surface area contributed by atoms with Gasteiger partial charge in [0.05, 0.1) is 63.2 Å². The summed E-state index contributed by atoms with van der Waals surface area (Å²) in [5.74, 6) is -1.71. The van der Waals surface area contributed by atoms with Gasteiger partial charge in [0.25, 0.3) is 11.8 Å². The molecule has 1 aromatic rings. The van der Waals surface area contributed by atoms with Crippen LogP contribution >= 0.6 is 0 Å². The lowest BCUT2D eigenvalue weighted by Crippen LogP contribution is -2.45. The van der Waals surface area contributed by atoms with Crippen molar-refractivity contribution in [3.05, 3.63) is 23.8 Å². The monoisotopic (exact) mass is 462 g/mol. The van der Waals surface area contributed by atoms with Crippen LogP contribution in [0.25, 0.3) is 0 Å². The van der Waals surface area contributed by atoms with Crippen molar-refractivity contribution in [1.29, 1.82) is 0 Å². The molecule has 0 aliphatic rings. The first-order valence-corrected chi connectivity index (χ1v) is 9.73. The minimum Gasteiger partial charge on any atom is -0.394 e. The number of rotatable bonds is 14. The third-order valence-corrected chi connectivity index (χ3v) is 4.21. The van der Waals surface area contributed by atoms with E-state index in [4.69, 9.17) is 20.4 Å². The van der Waals surface area contributed by atoms with Gasteiger partial charge in [-0.3, -0.25) is 14.6 Å². The molecule has 1 rings (SSSR count). The predicted octanol–water partition coefficient (Wildman–Crippen LogP) is -5.23. The molecule has 0 aliphatic heterocycles. The molecule has 8 N–H and O–H groups in total. The fraction of sp³-hybridized carbons (Fsp3) is 0.667. The van der Waals surface area contributed by atoms with Crippen LogP contribution in [-0.2, 0) is 0 Å². The molecule has 1 heterocycles. The fourth-order valence-electron chi connectivity index (χ4n) is 2.63. The molecular weight excluding hydrogens is 432 g/mol. The van der Waals surface area contributed by atoms with Gasteiger partial charge in [-0.2, -0.15) is 0 Å². The molecule has 0 bridgehead atoms. The Morgan fingerprint density at radius 1 is 0.656 bits per heavy atom. The van der Waals surface area contributed by atoms with Gasteiger partial charge >= 0.3 is 0 Å². The van der Waals surface area contributed by atoms with E-state index in [1.165, 1.54) is 0 Å². The summed E-state index contributed by atoms with van der Waals surface area (Å²) in [6.45, 7) is -4.27. The summed E-state index contributed by atoms with van der Waals surface area (Å²) in [6, 6.07) is 0. The molecule has 4 unspecified atom stereocenters. The molecule has 0 fully saturated rings. The summed E-state index contributed by atoms with van der Waals surface area (Å²) in [5.41, 5.74) is -0.701. The number of carbonyl (C=O) groups excluding carboxylic acids is 2. The van der Waals surface area contributed by atoms with Crippen molar-refractivity contribution >= 4 is 11.8 Å². The average Bonchev–Trinajstić information content (AvgIpc) is 2.81. The molecule has 4 atom stereocenters. The molecule has 0 aliphatic carbocycles. The summed E-state index contributed by atoms with van der Waals surface area (Å²) in [5, 5.41) is 74.8. The Morgan fingerprint density at radius 2 is 0.938 bits per heavy atom. The summed E-state index contributed by atoms with van der Waals surface area (Å²) >= 11 is 0. The summed E-state index contributed by atoms with van der Waals surface area (Å²) in [7, 11) is 0. The molecule has 2 amide bonds. The van der Waals surface area contributed by atoms with E-state index in [2.05, 4.69) is 9.97 Å². The van der Waals surface area contributed by atoms with Gasteiger partial charge in [-0.15, -0.1) is 0 Å². The van der Waals surface area contributed by atoms with E-state index in [9.17, 15) is 30.0 Å². The topological polar surface area (TPSA) is 228 Å². The first-order chi connectivity index (χ1) is 15.2. The van der Waals surface area contributed by atoms with Crippen LogP contribution in [0.2, 0.25) is 0 Å². The van der Waals surface area contributed by atoms with Crippen LogP contribution < -0.4 is 0 Å². The van der Waals surface area contributed by atoms with Crippen LogP contribution in [0.15, 0.2) is 12.4 Å². The molecule has 0 saturated carbocycles.